The molecule has 1 aromatic carbocycles. The molecule has 1 aliphatic heterocycles. The van der Waals surface area contributed by atoms with Crippen molar-refractivity contribution in [2.24, 2.45) is 5.92 Å². The maximum Gasteiger partial charge on any atom is 0.393 e. The van der Waals surface area contributed by atoms with Gasteiger partial charge in [0, 0.05) is 18.1 Å². The van der Waals surface area contributed by atoms with Crippen LogP contribution in [0.1, 0.15) is 23.2 Å². The van der Waals surface area contributed by atoms with E-state index in [2.05, 4.69) is 0 Å². The molecule has 7 heteroatoms. The zero-order chi connectivity index (χ0) is 14.9. The first-order valence-electron chi connectivity index (χ1n) is 6.10. The Morgan fingerprint density at radius 3 is 2.60 bits per heavy atom. The second-order valence-electron chi connectivity index (χ2n) is 4.76. The summed E-state index contributed by atoms with van der Waals surface area (Å²) in [4.78, 5) is 13.4. The number of carbonyl (C=O) groups is 1. The summed E-state index contributed by atoms with van der Waals surface area (Å²) in [6, 6.07) is 4.33. The second kappa shape index (κ2) is 5.82. The Labute approximate surface area is 124 Å². The van der Waals surface area contributed by atoms with Gasteiger partial charge < -0.3 is 4.90 Å². The Morgan fingerprint density at radius 2 is 2.00 bits per heavy atom. The smallest absolute Gasteiger partial charge is 0.338 e. The van der Waals surface area contributed by atoms with Crippen LogP contribution in [-0.2, 0) is 0 Å². The molecule has 0 aromatic heterocycles. The van der Waals surface area contributed by atoms with E-state index in [-0.39, 0.29) is 23.6 Å². The topological polar surface area (TPSA) is 20.3 Å². The highest BCUT2D eigenvalue weighted by atomic mass is 35.5. The van der Waals surface area contributed by atoms with Crippen LogP contribution < -0.4 is 0 Å². The highest BCUT2D eigenvalue weighted by Crippen LogP contribution is 2.34. The lowest BCUT2D eigenvalue weighted by Crippen LogP contribution is -2.44. The average Bonchev–Trinajstić information content (AvgIpc) is 2.37. The quantitative estimate of drug-likeness (QED) is 0.749. The predicted molar refractivity (Wildman–Crippen MR) is 71.1 cm³/mol. The van der Waals surface area contributed by atoms with Gasteiger partial charge in [0.1, 0.15) is 0 Å². The van der Waals surface area contributed by atoms with Gasteiger partial charge in [-0.15, -0.1) is 0 Å². The third-order valence-corrected chi connectivity index (χ3v) is 3.88. The summed E-state index contributed by atoms with van der Waals surface area (Å²) in [6.07, 6.45) is -3.88. The summed E-state index contributed by atoms with van der Waals surface area (Å²) in [6.45, 7) is -0.00828. The van der Waals surface area contributed by atoms with Crippen LogP contribution in [0.4, 0.5) is 13.2 Å². The minimum absolute atomic E-state index is 0.0572. The van der Waals surface area contributed by atoms with Crippen LogP contribution in [0.2, 0.25) is 10.0 Å². The number of halogens is 5. The molecule has 2 nitrogen and oxygen atoms in total. The van der Waals surface area contributed by atoms with Crippen LogP contribution >= 0.6 is 23.2 Å². The Morgan fingerprint density at radius 1 is 1.30 bits per heavy atom. The van der Waals surface area contributed by atoms with Crippen LogP contribution in [0.25, 0.3) is 0 Å². The summed E-state index contributed by atoms with van der Waals surface area (Å²) >= 11 is 11.6. The first-order chi connectivity index (χ1) is 9.29. The van der Waals surface area contributed by atoms with Crippen molar-refractivity contribution in [1.82, 2.24) is 4.90 Å². The lowest BCUT2D eigenvalue weighted by molar-refractivity contribution is -0.184. The SMILES string of the molecule is O=C(c1ccc(Cl)cc1Cl)N1CCC[C@@H](C(F)(F)F)C1. The van der Waals surface area contributed by atoms with Crippen LogP contribution in [0, 0.1) is 5.92 Å². The molecule has 0 bridgehead atoms. The molecule has 110 valence electrons. The Kier molecular flexibility index (Phi) is 4.49. The summed E-state index contributed by atoms with van der Waals surface area (Å²) in [5, 5.41) is 0.523. The molecule has 0 spiro atoms. The molecule has 0 unspecified atom stereocenters. The van der Waals surface area contributed by atoms with Crippen molar-refractivity contribution in [3.63, 3.8) is 0 Å². The first kappa shape index (κ1) is 15.4. The number of rotatable bonds is 1. The third kappa shape index (κ3) is 3.38. The van der Waals surface area contributed by atoms with Crippen molar-refractivity contribution in [2.75, 3.05) is 13.1 Å². The van der Waals surface area contributed by atoms with E-state index < -0.39 is 18.0 Å². The summed E-state index contributed by atoms with van der Waals surface area (Å²) in [7, 11) is 0. The zero-order valence-electron chi connectivity index (χ0n) is 10.4. The fraction of sp³-hybridized carbons (Fsp3) is 0.462. The van der Waals surface area contributed by atoms with E-state index in [1.807, 2.05) is 0 Å². The van der Waals surface area contributed by atoms with Crippen LogP contribution in [-0.4, -0.2) is 30.1 Å². The summed E-state index contributed by atoms with van der Waals surface area (Å²) < 4.78 is 38.2. The number of hydrogen-bond donors (Lipinski definition) is 0. The van der Waals surface area contributed by atoms with Crippen molar-refractivity contribution >= 4 is 29.1 Å². The molecule has 1 amide bonds. The van der Waals surface area contributed by atoms with Gasteiger partial charge in [-0.05, 0) is 31.0 Å². The monoisotopic (exact) mass is 325 g/mol. The Hall–Kier alpha value is -0.940. The van der Waals surface area contributed by atoms with E-state index in [4.69, 9.17) is 23.2 Å². The van der Waals surface area contributed by atoms with Crippen molar-refractivity contribution < 1.29 is 18.0 Å². The number of hydrogen-bond acceptors (Lipinski definition) is 1. The zero-order valence-corrected chi connectivity index (χ0v) is 11.9. The number of piperidine rings is 1. The average molecular weight is 326 g/mol. The lowest BCUT2D eigenvalue weighted by atomic mass is 9.97. The molecule has 1 atom stereocenters. The molecular weight excluding hydrogens is 314 g/mol. The molecule has 1 fully saturated rings. The Bertz CT molecular complexity index is 519. The van der Waals surface area contributed by atoms with E-state index in [9.17, 15) is 18.0 Å². The van der Waals surface area contributed by atoms with Gasteiger partial charge in [0.15, 0.2) is 0 Å². The summed E-state index contributed by atoms with van der Waals surface area (Å²) in [5.74, 6) is -1.95. The van der Waals surface area contributed by atoms with E-state index >= 15 is 0 Å². The van der Waals surface area contributed by atoms with Gasteiger partial charge in [-0.25, -0.2) is 0 Å². The number of alkyl halides is 3. The maximum atomic E-state index is 12.7. The van der Waals surface area contributed by atoms with E-state index in [0.717, 1.165) is 0 Å². The van der Waals surface area contributed by atoms with Gasteiger partial charge in [0.2, 0.25) is 0 Å². The van der Waals surface area contributed by atoms with Gasteiger partial charge >= 0.3 is 6.18 Å². The first-order valence-corrected chi connectivity index (χ1v) is 6.85. The van der Waals surface area contributed by atoms with E-state index in [1.165, 1.54) is 23.1 Å². The molecular formula is C13H12Cl2F3NO. The molecule has 1 heterocycles. The normalized spacial score (nSPS) is 20.1. The largest absolute Gasteiger partial charge is 0.393 e. The standard InChI is InChI=1S/C13H12Cl2F3NO/c14-9-3-4-10(11(15)6-9)12(20)19-5-1-2-8(7-19)13(16,17)18/h3-4,6,8H,1-2,5,7H2/t8-/m1/s1. The van der Waals surface area contributed by atoms with Crippen molar-refractivity contribution in [1.29, 1.82) is 0 Å². The van der Waals surface area contributed by atoms with Gasteiger partial charge in [0.05, 0.1) is 16.5 Å². The number of likely N-dealkylation sites (tertiary alicyclic amines) is 1. The van der Waals surface area contributed by atoms with Crippen LogP contribution in [0.5, 0.6) is 0 Å². The number of amides is 1. The second-order valence-corrected chi connectivity index (χ2v) is 5.60. The fourth-order valence-electron chi connectivity index (χ4n) is 2.26. The van der Waals surface area contributed by atoms with Gasteiger partial charge in [-0.1, -0.05) is 23.2 Å². The maximum absolute atomic E-state index is 12.7. The highest BCUT2D eigenvalue weighted by Gasteiger charge is 2.42. The Balaban J connectivity index is 2.16. The van der Waals surface area contributed by atoms with Crippen molar-refractivity contribution in [3.05, 3.63) is 33.8 Å². The lowest BCUT2D eigenvalue weighted by Gasteiger charge is -2.33. The molecule has 1 aliphatic rings. The molecule has 0 N–H and O–H groups in total. The molecule has 1 saturated heterocycles. The molecule has 20 heavy (non-hydrogen) atoms. The number of carbonyl (C=O) groups excluding carboxylic acids is 1. The molecule has 0 radical (unpaired) electrons. The van der Waals surface area contributed by atoms with Gasteiger partial charge in [-0.3, -0.25) is 4.79 Å². The highest BCUT2D eigenvalue weighted by molar-refractivity contribution is 6.36. The fourth-order valence-corrected chi connectivity index (χ4v) is 2.75. The number of benzene rings is 1. The third-order valence-electron chi connectivity index (χ3n) is 3.33. The van der Waals surface area contributed by atoms with E-state index in [0.29, 0.717) is 18.0 Å². The molecule has 2 rings (SSSR count). The number of nitrogens with zero attached hydrogens (tertiary/aromatic N) is 1. The molecule has 0 aliphatic carbocycles. The minimum atomic E-state index is -4.28. The summed E-state index contributed by atoms with van der Waals surface area (Å²) in [5.41, 5.74) is 0.180. The predicted octanol–water partition coefficient (Wildman–Crippen LogP) is 4.41. The minimum Gasteiger partial charge on any atom is -0.338 e. The van der Waals surface area contributed by atoms with Gasteiger partial charge in [0.25, 0.3) is 5.91 Å². The van der Waals surface area contributed by atoms with E-state index in [1.54, 1.807) is 0 Å². The molecule has 0 saturated carbocycles. The van der Waals surface area contributed by atoms with Crippen LogP contribution in [0.3, 0.4) is 0 Å². The van der Waals surface area contributed by atoms with Crippen LogP contribution in [0.15, 0.2) is 18.2 Å². The van der Waals surface area contributed by atoms with Gasteiger partial charge in [-0.2, -0.15) is 13.2 Å². The van der Waals surface area contributed by atoms with Crippen molar-refractivity contribution in [3.8, 4) is 0 Å². The molecule has 1 aromatic rings. The van der Waals surface area contributed by atoms with Crippen molar-refractivity contribution in [2.45, 2.75) is 19.0 Å².